The first-order valence-electron chi connectivity index (χ1n) is 19.7. The van der Waals surface area contributed by atoms with Crippen molar-refractivity contribution in [3.63, 3.8) is 0 Å². The Labute approximate surface area is 349 Å². The molecule has 306 valence electrons. The zero-order chi connectivity index (χ0) is 42.3. The van der Waals surface area contributed by atoms with Crippen molar-refractivity contribution in [3.8, 4) is 5.75 Å². The van der Waals surface area contributed by atoms with Gasteiger partial charge in [-0.15, -0.1) is 0 Å². The molecule has 0 saturated carbocycles. The summed E-state index contributed by atoms with van der Waals surface area (Å²) in [4.78, 5) is 2.36. The maximum atomic E-state index is 12.3. The molecule has 59 heavy (non-hydrogen) atoms. The Hall–Kier alpha value is -5.75. The van der Waals surface area contributed by atoms with E-state index in [4.69, 9.17) is 4.74 Å². The summed E-state index contributed by atoms with van der Waals surface area (Å²) < 4.78 is 65.7. The van der Waals surface area contributed by atoms with Gasteiger partial charge in [-0.05, 0) is 152 Å². The number of allylic oxidation sites excluding steroid dienone is 5. The molecule has 2 N–H and O–H groups in total. The molecular weight excluding hydrogens is 779 g/mol. The van der Waals surface area contributed by atoms with Crippen LogP contribution in [-0.2, 0) is 33.0 Å². The molecule has 6 rings (SSSR count). The summed E-state index contributed by atoms with van der Waals surface area (Å²) in [6.07, 6.45) is 7.74. The number of nitrogens with one attached hydrogen (secondary N) is 1. The van der Waals surface area contributed by atoms with Crippen LogP contribution in [0.1, 0.15) is 55.5 Å². The fourth-order valence-corrected chi connectivity index (χ4v) is 8.53. The lowest BCUT2D eigenvalue weighted by Crippen LogP contribution is -2.22. The zero-order valence-electron chi connectivity index (χ0n) is 34.4. The van der Waals surface area contributed by atoms with Crippen LogP contribution in [0.5, 0.6) is 5.75 Å². The van der Waals surface area contributed by atoms with Gasteiger partial charge in [0.15, 0.2) is 22.1 Å². The number of aryl methyl sites for hydroxylation is 1. The SMILES string of the molecule is CCOc1ccc(Nc2ccc(/C(=C3C=C/C(=[N+](/CC)Cc4cccc(S(C)(=O)=O)c4)C=C\3C)c3ccc(N(CC)Cc4cccc(S(=O)(=O)O)c4)cc3C)cc2)cc1. The second-order valence-corrected chi connectivity index (χ2v) is 18.0. The lowest BCUT2D eigenvalue weighted by Gasteiger charge is -2.25. The number of benzene rings is 5. The van der Waals surface area contributed by atoms with Gasteiger partial charge in [-0.2, -0.15) is 8.42 Å². The van der Waals surface area contributed by atoms with Gasteiger partial charge in [0.1, 0.15) is 12.3 Å². The van der Waals surface area contributed by atoms with Crippen molar-refractivity contribution in [1.82, 2.24) is 0 Å². The third kappa shape index (κ3) is 10.7. The zero-order valence-corrected chi connectivity index (χ0v) is 36.1. The highest BCUT2D eigenvalue weighted by atomic mass is 32.2. The first-order valence-corrected chi connectivity index (χ1v) is 23.0. The molecule has 9 nitrogen and oxygen atoms in total. The summed E-state index contributed by atoms with van der Waals surface area (Å²) >= 11 is 0. The molecule has 0 aliphatic heterocycles. The van der Waals surface area contributed by atoms with Crippen LogP contribution in [0.3, 0.4) is 0 Å². The smallest absolute Gasteiger partial charge is 0.294 e. The second kappa shape index (κ2) is 18.4. The predicted molar refractivity (Wildman–Crippen MR) is 239 cm³/mol. The quantitative estimate of drug-likeness (QED) is 0.0792. The molecule has 0 heterocycles. The van der Waals surface area contributed by atoms with Crippen LogP contribution < -0.4 is 15.0 Å². The molecule has 0 saturated heterocycles. The molecule has 1 aliphatic rings. The first kappa shape index (κ1) is 42.8. The van der Waals surface area contributed by atoms with Gasteiger partial charge >= 0.3 is 0 Å². The standard InChI is InChI=1S/C48H51N3O6S2/c1-7-50(32-36-12-10-14-44(30-36)58(6,52)53)41-22-26-46(34(4)28-41)48(38-16-18-39(19-17-38)49-40-20-24-43(25-21-40)57-9-3)47-27-23-42(29-35(47)5)51(8-2)33-37-13-11-15-45(31-37)59(54,55)56/h10-31H,7-9,32-33H2,1-6H3,(H,54,55,56)/p+1. The Balaban J connectivity index is 1.38. The largest absolute Gasteiger partial charge is 0.494 e. The number of anilines is 3. The Bertz CT molecular complexity index is 2680. The monoisotopic (exact) mass is 830 g/mol. The first-order chi connectivity index (χ1) is 28.2. The average Bonchev–Trinajstić information content (AvgIpc) is 3.21. The van der Waals surface area contributed by atoms with E-state index in [0.717, 1.165) is 79.6 Å². The summed E-state index contributed by atoms with van der Waals surface area (Å²) in [7, 11) is -7.64. The van der Waals surface area contributed by atoms with Gasteiger partial charge < -0.3 is 15.0 Å². The molecule has 0 bridgehead atoms. The molecule has 0 aromatic heterocycles. The molecule has 0 radical (unpaired) electrons. The van der Waals surface area contributed by atoms with Crippen molar-refractivity contribution >= 4 is 48.3 Å². The summed E-state index contributed by atoms with van der Waals surface area (Å²) in [5.74, 6) is 0.826. The number of hydrogen-bond donors (Lipinski definition) is 2. The van der Waals surface area contributed by atoms with Crippen molar-refractivity contribution in [2.75, 3.05) is 36.2 Å². The number of ether oxygens (including phenoxy) is 1. The minimum absolute atomic E-state index is 0.123. The third-order valence-corrected chi connectivity index (χ3v) is 12.3. The van der Waals surface area contributed by atoms with E-state index in [0.29, 0.717) is 31.1 Å². The summed E-state index contributed by atoms with van der Waals surface area (Å²) in [5, 5.41) is 3.50. The van der Waals surface area contributed by atoms with E-state index in [2.05, 4.69) is 103 Å². The van der Waals surface area contributed by atoms with Gasteiger partial charge in [0.25, 0.3) is 10.1 Å². The van der Waals surface area contributed by atoms with E-state index in [1.54, 1.807) is 24.3 Å². The van der Waals surface area contributed by atoms with Crippen LogP contribution in [0, 0.1) is 6.92 Å². The van der Waals surface area contributed by atoms with Crippen LogP contribution in [0.4, 0.5) is 17.1 Å². The Morgan fingerprint density at radius 2 is 1.41 bits per heavy atom. The van der Waals surface area contributed by atoms with E-state index in [9.17, 15) is 21.4 Å². The lowest BCUT2D eigenvalue weighted by atomic mass is 9.85. The fourth-order valence-electron chi connectivity index (χ4n) is 7.29. The molecule has 0 fully saturated rings. The van der Waals surface area contributed by atoms with Crippen molar-refractivity contribution in [2.24, 2.45) is 0 Å². The van der Waals surface area contributed by atoms with Crippen LogP contribution >= 0.6 is 0 Å². The van der Waals surface area contributed by atoms with E-state index in [1.807, 2.05) is 43.3 Å². The van der Waals surface area contributed by atoms with E-state index in [1.165, 1.54) is 18.4 Å². The van der Waals surface area contributed by atoms with E-state index in [-0.39, 0.29) is 4.90 Å². The van der Waals surface area contributed by atoms with Gasteiger partial charge in [-0.3, -0.25) is 4.55 Å². The van der Waals surface area contributed by atoms with E-state index >= 15 is 0 Å². The van der Waals surface area contributed by atoms with E-state index < -0.39 is 20.0 Å². The topological polar surface area (TPSA) is 116 Å². The maximum Gasteiger partial charge on any atom is 0.294 e. The van der Waals surface area contributed by atoms with Gasteiger partial charge in [0.2, 0.25) is 0 Å². The van der Waals surface area contributed by atoms with Crippen LogP contribution in [0.2, 0.25) is 0 Å². The Morgan fingerprint density at radius 1 is 0.763 bits per heavy atom. The molecule has 0 unspecified atom stereocenters. The van der Waals surface area contributed by atoms with Crippen molar-refractivity contribution in [2.45, 2.75) is 57.5 Å². The Kier molecular flexibility index (Phi) is 13.4. The van der Waals surface area contributed by atoms with Crippen LogP contribution in [0.25, 0.3) is 5.57 Å². The van der Waals surface area contributed by atoms with Gasteiger partial charge in [0.05, 0.1) is 16.4 Å². The number of sulfone groups is 1. The molecule has 11 heteroatoms. The molecular formula is C48H52N3O6S2+. The average molecular weight is 831 g/mol. The fraction of sp³-hybridized carbons (Fsp3) is 0.229. The maximum absolute atomic E-state index is 12.3. The van der Waals surface area contributed by atoms with Gasteiger partial charge in [0, 0.05) is 54.1 Å². The van der Waals surface area contributed by atoms with Gasteiger partial charge in [-0.25, -0.2) is 13.0 Å². The summed E-state index contributed by atoms with van der Waals surface area (Å²) in [5.41, 5.74) is 12.1. The summed E-state index contributed by atoms with van der Waals surface area (Å²) in [6.45, 7) is 13.4. The highest BCUT2D eigenvalue weighted by Gasteiger charge is 2.21. The predicted octanol–water partition coefficient (Wildman–Crippen LogP) is 9.81. The molecule has 0 atom stereocenters. The van der Waals surface area contributed by atoms with Gasteiger partial charge in [-0.1, -0.05) is 42.5 Å². The van der Waals surface area contributed by atoms with Crippen LogP contribution in [-0.4, -0.2) is 57.6 Å². The van der Waals surface area contributed by atoms with Crippen molar-refractivity contribution in [1.29, 1.82) is 0 Å². The minimum Gasteiger partial charge on any atom is -0.494 e. The number of rotatable bonds is 15. The molecule has 0 spiro atoms. The Morgan fingerprint density at radius 3 is 2.00 bits per heavy atom. The molecule has 1 aliphatic carbocycles. The normalized spacial score (nSPS) is 14.7. The highest BCUT2D eigenvalue weighted by Crippen LogP contribution is 2.37. The van der Waals surface area contributed by atoms with Crippen molar-refractivity contribution < 1.29 is 30.7 Å². The number of nitrogens with zero attached hydrogens (tertiary/aromatic N) is 2. The van der Waals surface area contributed by atoms with Crippen LogP contribution in [0.15, 0.2) is 154 Å². The molecule has 5 aromatic carbocycles. The summed E-state index contributed by atoms with van der Waals surface area (Å²) in [6, 6.07) is 36.3. The third-order valence-electron chi connectivity index (χ3n) is 10.3. The minimum atomic E-state index is -4.32. The highest BCUT2D eigenvalue weighted by molar-refractivity contribution is 7.90. The molecule has 5 aromatic rings. The second-order valence-electron chi connectivity index (χ2n) is 14.6. The van der Waals surface area contributed by atoms with Crippen molar-refractivity contribution in [3.05, 3.63) is 172 Å². The lowest BCUT2D eigenvalue weighted by molar-refractivity contribution is -0.539. The number of hydrogen-bond acceptors (Lipinski definition) is 7. The molecule has 0 amide bonds.